The molecule has 0 radical (unpaired) electrons. The van der Waals surface area contributed by atoms with Gasteiger partial charge in [-0.15, -0.1) is 0 Å². The highest BCUT2D eigenvalue weighted by Crippen LogP contribution is 2.36. The maximum Gasteiger partial charge on any atom is 0.339 e. The van der Waals surface area contributed by atoms with Crippen LogP contribution in [0.5, 0.6) is 11.5 Å². The van der Waals surface area contributed by atoms with Crippen LogP contribution >= 0.6 is 23.2 Å². The van der Waals surface area contributed by atoms with E-state index in [0.717, 1.165) is 0 Å². The molecule has 10 heteroatoms. The highest BCUT2D eigenvalue weighted by Gasteiger charge is 2.21. The van der Waals surface area contributed by atoms with Crippen LogP contribution in [-0.2, 0) is 14.9 Å². The Morgan fingerprint density at radius 1 is 1.03 bits per heavy atom. The smallest absolute Gasteiger partial charge is 0.339 e. The van der Waals surface area contributed by atoms with Gasteiger partial charge in [0.1, 0.15) is 22.3 Å². The summed E-state index contributed by atoms with van der Waals surface area (Å²) < 4.78 is 35.1. The third kappa shape index (κ3) is 6.05. The first-order valence-electron chi connectivity index (χ1n) is 9.29. The van der Waals surface area contributed by atoms with E-state index in [0.29, 0.717) is 17.0 Å². The number of carbonyl (C=O) groups excluding carboxylic acids is 1. The van der Waals surface area contributed by atoms with Crippen molar-refractivity contribution in [3.8, 4) is 17.6 Å². The number of hydrogen-bond acceptors (Lipinski definition) is 6. The van der Waals surface area contributed by atoms with Crippen LogP contribution in [0.3, 0.4) is 0 Å². The number of ether oxygens (including phenoxy) is 1. The van der Waals surface area contributed by atoms with Crippen molar-refractivity contribution in [1.29, 1.82) is 5.26 Å². The van der Waals surface area contributed by atoms with Gasteiger partial charge in [0.05, 0.1) is 17.2 Å². The van der Waals surface area contributed by atoms with Gasteiger partial charge in [-0.2, -0.15) is 13.7 Å². The second-order valence-corrected chi connectivity index (χ2v) is 8.88. The van der Waals surface area contributed by atoms with Crippen LogP contribution in [0.2, 0.25) is 10.0 Å². The molecule has 0 aliphatic rings. The van der Waals surface area contributed by atoms with Gasteiger partial charge in [-0.05, 0) is 60.2 Å². The van der Waals surface area contributed by atoms with E-state index < -0.39 is 16.0 Å². The Kier molecular flexibility index (Phi) is 7.61. The molecule has 33 heavy (non-hydrogen) atoms. The van der Waals surface area contributed by atoms with Crippen LogP contribution in [-0.4, -0.2) is 21.4 Å². The lowest BCUT2D eigenvalue weighted by atomic mass is 10.1. The van der Waals surface area contributed by atoms with E-state index in [2.05, 4.69) is 5.32 Å². The molecule has 0 spiro atoms. The molecule has 0 unspecified atom stereocenters. The van der Waals surface area contributed by atoms with E-state index in [9.17, 15) is 18.5 Å². The number of halogens is 2. The van der Waals surface area contributed by atoms with Crippen LogP contribution in [0.4, 0.5) is 5.69 Å². The summed E-state index contributed by atoms with van der Waals surface area (Å²) >= 11 is 12.4. The average molecular weight is 503 g/mol. The predicted octanol–water partition coefficient (Wildman–Crippen LogP) is 5.32. The van der Waals surface area contributed by atoms with E-state index in [4.69, 9.17) is 32.1 Å². The molecule has 0 atom stereocenters. The van der Waals surface area contributed by atoms with Crippen molar-refractivity contribution in [2.75, 3.05) is 12.4 Å². The zero-order valence-electron chi connectivity index (χ0n) is 17.1. The minimum atomic E-state index is -4.16. The topological polar surface area (TPSA) is 105 Å². The second kappa shape index (κ2) is 10.4. The molecule has 0 saturated heterocycles. The number of amides is 1. The Morgan fingerprint density at radius 2 is 1.64 bits per heavy atom. The normalized spacial score (nSPS) is 11.4. The zero-order chi connectivity index (χ0) is 24.0. The first-order chi connectivity index (χ1) is 15.7. The number of methoxy groups -OCH3 is 1. The number of benzene rings is 3. The molecule has 0 saturated carbocycles. The van der Waals surface area contributed by atoms with Gasteiger partial charge >= 0.3 is 10.1 Å². The third-order valence-electron chi connectivity index (χ3n) is 4.27. The number of hydrogen-bond donors (Lipinski definition) is 1. The molecule has 0 aromatic heterocycles. The summed E-state index contributed by atoms with van der Waals surface area (Å²) in [6, 6.07) is 18.6. The number of anilines is 1. The van der Waals surface area contributed by atoms with Gasteiger partial charge in [0.25, 0.3) is 5.91 Å². The summed E-state index contributed by atoms with van der Waals surface area (Å²) in [5.74, 6) is -0.299. The average Bonchev–Trinajstić information content (AvgIpc) is 2.81. The van der Waals surface area contributed by atoms with Gasteiger partial charge < -0.3 is 14.2 Å². The fraction of sp³-hybridized carbons (Fsp3) is 0.0435. The quantitative estimate of drug-likeness (QED) is 0.266. The predicted molar refractivity (Wildman–Crippen MR) is 126 cm³/mol. The van der Waals surface area contributed by atoms with Crippen molar-refractivity contribution in [1.82, 2.24) is 0 Å². The van der Waals surface area contributed by atoms with Gasteiger partial charge in [0.15, 0.2) is 5.75 Å². The van der Waals surface area contributed by atoms with Crippen molar-refractivity contribution in [2.24, 2.45) is 0 Å². The molecular weight excluding hydrogens is 487 g/mol. The van der Waals surface area contributed by atoms with Gasteiger partial charge in [0, 0.05) is 5.69 Å². The number of nitrogens with one attached hydrogen (secondary N) is 1. The summed E-state index contributed by atoms with van der Waals surface area (Å²) in [6.07, 6.45) is 1.27. The Morgan fingerprint density at radius 3 is 2.18 bits per heavy atom. The Balaban J connectivity index is 1.84. The largest absolute Gasteiger partial charge is 0.497 e. The van der Waals surface area contributed by atoms with Gasteiger partial charge in [-0.25, -0.2) is 0 Å². The minimum absolute atomic E-state index is 0.0666. The molecular formula is C23H16Cl2N2O5S. The summed E-state index contributed by atoms with van der Waals surface area (Å²) in [4.78, 5) is 12.4. The van der Waals surface area contributed by atoms with E-state index >= 15 is 0 Å². The van der Waals surface area contributed by atoms with E-state index in [1.54, 1.807) is 42.5 Å². The van der Waals surface area contributed by atoms with Crippen molar-refractivity contribution >= 4 is 51.0 Å². The van der Waals surface area contributed by atoms with Gasteiger partial charge in [0.2, 0.25) is 0 Å². The van der Waals surface area contributed by atoms with E-state index in [-0.39, 0.29) is 26.3 Å². The number of nitrogens with zero attached hydrogens (tertiary/aromatic N) is 1. The molecule has 0 aliphatic carbocycles. The minimum Gasteiger partial charge on any atom is -0.497 e. The maximum absolute atomic E-state index is 12.5. The highest BCUT2D eigenvalue weighted by atomic mass is 35.5. The highest BCUT2D eigenvalue weighted by molar-refractivity contribution is 7.87. The fourth-order valence-electron chi connectivity index (χ4n) is 2.68. The lowest BCUT2D eigenvalue weighted by Crippen LogP contribution is -2.13. The van der Waals surface area contributed by atoms with E-state index in [1.165, 1.54) is 37.5 Å². The lowest BCUT2D eigenvalue weighted by molar-refractivity contribution is -0.112. The standard InChI is InChI=1S/C23H16Cl2N2O5S/c1-31-18-9-7-17(8-10-18)27-23(28)16(14-26)11-15-12-20(24)22(21(25)13-15)32-33(29,30)19-5-3-2-4-6-19/h2-13H,1H3,(H,27,28)/b16-11+. The summed E-state index contributed by atoms with van der Waals surface area (Å²) in [5.41, 5.74) is 0.548. The second-order valence-electron chi connectivity index (χ2n) is 6.52. The molecule has 1 N–H and O–H groups in total. The summed E-state index contributed by atoms with van der Waals surface area (Å²) in [6.45, 7) is 0. The lowest BCUT2D eigenvalue weighted by Gasteiger charge is -2.11. The number of rotatable bonds is 7. The summed E-state index contributed by atoms with van der Waals surface area (Å²) in [7, 11) is -2.64. The Bertz CT molecular complexity index is 1330. The molecule has 1 amide bonds. The maximum atomic E-state index is 12.5. The Labute approximate surface area is 200 Å². The van der Waals surface area contributed by atoms with Crippen molar-refractivity contribution in [2.45, 2.75) is 4.90 Å². The molecule has 3 rings (SSSR count). The SMILES string of the molecule is COc1ccc(NC(=O)/C(C#N)=C/c2cc(Cl)c(OS(=O)(=O)c3ccccc3)c(Cl)c2)cc1. The molecule has 0 bridgehead atoms. The zero-order valence-corrected chi connectivity index (χ0v) is 19.4. The van der Waals surface area contributed by atoms with Crippen molar-refractivity contribution in [3.05, 3.63) is 87.9 Å². The molecule has 0 heterocycles. The molecule has 0 fully saturated rings. The van der Waals surface area contributed by atoms with Crippen molar-refractivity contribution in [3.63, 3.8) is 0 Å². The van der Waals surface area contributed by atoms with Crippen LogP contribution < -0.4 is 14.2 Å². The monoisotopic (exact) mass is 502 g/mol. The van der Waals surface area contributed by atoms with Crippen LogP contribution in [0.15, 0.2) is 77.2 Å². The van der Waals surface area contributed by atoms with Crippen LogP contribution in [0.1, 0.15) is 5.56 Å². The Hall–Kier alpha value is -3.51. The molecule has 3 aromatic carbocycles. The van der Waals surface area contributed by atoms with Gasteiger partial charge in [-0.3, -0.25) is 4.79 Å². The van der Waals surface area contributed by atoms with Gasteiger partial charge in [-0.1, -0.05) is 41.4 Å². The number of carbonyl (C=O) groups is 1. The van der Waals surface area contributed by atoms with Crippen LogP contribution in [0.25, 0.3) is 6.08 Å². The third-order valence-corrected chi connectivity index (χ3v) is 6.07. The first-order valence-corrected chi connectivity index (χ1v) is 11.5. The summed E-state index contributed by atoms with van der Waals surface area (Å²) in [5, 5.41) is 11.8. The van der Waals surface area contributed by atoms with Crippen LogP contribution in [0, 0.1) is 11.3 Å². The van der Waals surface area contributed by atoms with E-state index in [1.807, 2.05) is 6.07 Å². The fourth-order valence-corrected chi connectivity index (χ4v) is 4.33. The molecule has 3 aromatic rings. The molecule has 0 aliphatic heterocycles. The molecule has 168 valence electrons. The molecule has 7 nitrogen and oxygen atoms in total. The first kappa shape index (κ1) is 24.1. The number of nitriles is 1. The van der Waals surface area contributed by atoms with Crippen molar-refractivity contribution < 1.29 is 22.1 Å².